The van der Waals surface area contributed by atoms with Gasteiger partial charge in [0.15, 0.2) is 0 Å². The normalized spacial score (nSPS) is 30.8. The number of hydrogen-bond acceptors (Lipinski definition) is 4. The van der Waals surface area contributed by atoms with Crippen LogP contribution in [0.2, 0.25) is 0 Å². The molecule has 0 N–H and O–H groups in total. The SMILES string of the molecule is O=C(c1cscn1)N1CC[C@@H]2[C@@H]1CCN2CC1CC1. The molecule has 4 nitrogen and oxygen atoms in total. The molecule has 19 heavy (non-hydrogen) atoms. The van der Waals surface area contributed by atoms with Crippen molar-refractivity contribution in [3.63, 3.8) is 0 Å². The van der Waals surface area contributed by atoms with Gasteiger partial charge in [-0.25, -0.2) is 4.98 Å². The van der Waals surface area contributed by atoms with Crippen molar-refractivity contribution in [3.8, 4) is 0 Å². The molecule has 1 aromatic rings. The van der Waals surface area contributed by atoms with Crippen LogP contribution in [-0.2, 0) is 0 Å². The monoisotopic (exact) mass is 277 g/mol. The number of carbonyl (C=O) groups excluding carboxylic acids is 1. The van der Waals surface area contributed by atoms with Crippen molar-refractivity contribution in [2.75, 3.05) is 19.6 Å². The van der Waals surface area contributed by atoms with Crippen LogP contribution in [0, 0.1) is 5.92 Å². The average Bonchev–Trinajstić information content (AvgIpc) is 2.87. The molecule has 0 unspecified atom stereocenters. The van der Waals surface area contributed by atoms with Gasteiger partial charge < -0.3 is 4.90 Å². The second-order valence-electron chi connectivity index (χ2n) is 6.02. The maximum Gasteiger partial charge on any atom is 0.273 e. The first kappa shape index (κ1) is 11.9. The number of carbonyl (C=O) groups is 1. The lowest BCUT2D eigenvalue weighted by Crippen LogP contribution is -2.40. The Kier molecular flexibility index (Phi) is 2.84. The molecule has 2 atom stereocenters. The van der Waals surface area contributed by atoms with Crippen LogP contribution in [-0.4, -0.2) is 52.4 Å². The summed E-state index contributed by atoms with van der Waals surface area (Å²) < 4.78 is 0. The number of fused-ring (bicyclic) bond motifs is 1. The van der Waals surface area contributed by atoms with Crippen LogP contribution in [0.1, 0.15) is 36.2 Å². The number of thiazole rings is 1. The standard InChI is InChI=1S/C14H19N3OS/c18-14(11-8-19-9-15-11)17-6-4-12-13(17)3-5-16(12)7-10-1-2-10/h8-10,12-13H,1-7H2/t12-,13+/m1/s1. The van der Waals surface area contributed by atoms with Gasteiger partial charge in [0.05, 0.1) is 5.51 Å². The van der Waals surface area contributed by atoms with Gasteiger partial charge in [0.25, 0.3) is 5.91 Å². The highest BCUT2D eigenvalue weighted by molar-refractivity contribution is 7.07. The molecule has 2 aliphatic heterocycles. The fourth-order valence-corrected chi connectivity index (χ4v) is 4.18. The molecule has 3 aliphatic rings. The van der Waals surface area contributed by atoms with Crippen molar-refractivity contribution in [2.24, 2.45) is 5.92 Å². The predicted molar refractivity (Wildman–Crippen MR) is 74.3 cm³/mol. The van der Waals surface area contributed by atoms with Crippen molar-refractivity contribution in [3.05, 3.63) is 16.6 Å². The molecule has 3 fully saturated rings. The van der Waals surface area contributed by atoms with Gasteiger partial charge in [-0.1, -0.05) is 0 Å². The molecule has 5 heteroatoms. The first-order valence-electron chi connectivity index (χ1n) is 7.26. The third kappa shape index (κ3) is 2.09. The number of nitrogens with zero attached hydrogens (tertiary/aromatic N) is 3. The Labute approximate surface area is 117 Å². The second kappa shape index (κ2) is 4.56. The molecule has 3 heterocycles. The largest absolute Gasteiger partial charge is 0.333 e. The summed E-state index contributed by atoms with van der Waals surface area (Å²) in [6.45, 7) is 3.35. The van der Waals surface area contributed by atoms with Gasteiger partial charge in [0.1, 0.15) is 5.69 Å². The van der Waals surface area contributed by atoms with E-state index in [9.17, 15) is 4.79 Å². The zero-order chi connectivity index (χ0) is 12.8. The molecule has 0 radical (unpaired) electrons. The van der Waals surface area contributed by atoms with E-state index in [0.717, 1.165) is 25.3 Å². The molecular formula is C14H19N3OS. The van der Waals surface area contributed by atoms with E-state index in [1.165, 1.54) is 37.3 Å². The van der Waals surface area contributed by atoms with Crippen LogP contribution in [0.25, 0.3) is 0 Å². The molecule has 2 saturated heterocycles. The first-order valence-corrected chi connectivity index (χ1v) is 8.20. The van der Waals surface area contributed by atoms with Gasteiger partial charge in [-0.2, -0.15) is 0 Å². The minimum absolute atomic E-state index is 0.141. The van der Waals surface area contributed by atoms with E-state index in [1.54, 1.807) is 5.51 Å². The van der Waals surface area contributed by atoms with Crippen LogP contribution >= 0.6 is 11.3 Å². The van der Waals surface area contributed by atoms with Crippen LogP contribution < -0.4 is 0 Å². The Morgan fingerprint density at radius 2 is 2.11 bits per heavy atom. The lowest BCUT2D eigenvalue weighted by atomic mass is 10.1. The molecule has 1 aliphatic carbocycles. The summed E-state index contributed by atoms with van der Waals surface area (Å²) >= 11 is 1.50. The predicted octanol–water partition coefficient (Wildman–Crippen LogP) is 1.84. The quantitative estimate of drug-likeness (QED) is 0.846. The van der Waals surface area contributed by atoms with Crippen molar-refractivity contribution in [1.82, 2.24) is 14.8 Å². The third-order valence-corrected chi connectivity index (χ3v) is 5.38. The Balaban J connectivity index is 1.47. The van der Waals surface area contributed by atoms with Gasteiger partial charge in [-0.15, -0.1) is 11.3 Å². The number of amides is 1. The molecular weight excluding hydrogens is 258 g/mol. The van der Waals surface area contributed by atoms with Gasteiger partial charge in [0.2, 0.25) is 0 Å². The zero-order valence-electron chi connectivity index (χ0n) is 11.0. The van der Waals surface area contributed by atoms with E-state index < -0.39 is 0 Å². The molecule has 4 rings (SSSR count). The van der Waals surface area contributed by atoms with E-state index in [2.05, 4.69) is 14.8 Å². The van der Waals surface area contributed by atoms with Crippen LogP contribution in [0.3, 0.4) is 0 Å². The maximum absolute atomic E-state index is 12.4. The van der Waals surface area contributed by atoms with Gasteiger partial charge in [-0.05, 0) is 31.6 Å². The number of aromatic nitrogens is 1. The van der Waals surface area contributed by atoms with E-state index >= 15 is 0 Å². The average molecular weight is 277 g/mol. The molecule has 0 bridgehead atoms. The summed E-state index contributed by atoms with van der Waals surface area (Å²) in [4.78, 5) is 21.3. The minimum atomic E-state index is 0.141. The lowest BCUT2D eigenvalue weighted by Gasteiger charge is -2.25. The van der Waals surface area contributed by atoms with Crippen LogP contribution in [0.5, 0.6) is 0 Å². The van der Waals surface area contributed by atoms with E-state index in [-0.39, 0.29) is 5.91 Å². The molecule has 1 saturated carbocycles. The Hall–Kier alpha value is -0.940. The van der Waals surface area contributed by atoms with Crippen molar-refractivity contribution in [2.45, 2.75) is 37.8 Å². The number of likely N-dealkylation sites (tertiary alicyclic amines) is 2. The summed E-state index contributed by atoms with van der Waals surface area (Å²) in [7, 11) is 0. The fraction of sp³-hybridized carbons (Fsp3) is 0.714. The highest BCUT2D eigenvalue weighted by Gasteiger charge is 2.45. The Morgan fingerprint density at radius 3 is 2.84 bits per heavy atom. The molecule has 1 amide bonds. The van der Waals surface area contributed by atoms with Crippen molar-refractivity contribution in [1.29, 1.82) is 0 Å². The number of hydrogen-bond donors (Lipinski definition) is 0. The van der Waals surface area contributed by atoms with Crippen LogP contribution in [0.4, 0.5) is 0 Å². The number of rotatable bonds is 3. The Bertz CT molecular complexity index is 471. The second-order valence-corrected chi connectivity index (χ2v) is 6.74. The summed E-state index contributed by atoms with van der Waals surface area (Å²) in [5, 5.41) is 1.87. The molecule has 0 spiro atoms. The van der Waals surface area contributed by atoms with E-state index in [1.807, 2.05) is 5.38 Å². The summed E-state index contributed by atoms with van der Waals surface area (Å²) in [5.74, 6) is 1.09. The maximum atomic E-state index is 12.4. The lowest BCUT2D eigenvalue weighted by molar-refractivity contribution is 0.0727. The fourth-order valence-electron chi connectivity index (χ4n) is 3.65. The summed E-state index contributed by atoms with van der Waals surface area (Å²) in [6.07, 6.45) is 5.12. The third-order valence-electron chi connectivity index (χ3n) is 4.79. The van der Waals surface area contributed by atoms with Crippen LogP contribution in [0.15, 0.2) is 10.9 Å². The Morgan fingerprint density at radius 1 is 1.26 bits per heavy atom. The van der Waals surface area contributed by atoms with Crippen molar-refractivity contribution >= 4 is 17.2 Å². The molecule has 1 aromatic heterocycles. The molecule has 0 aromatic carbocycles. The van der Waals surface area contributed by atoms with Gasteiger partial charge in [0, 0.05) is 37.1 Å². The molecule has 102 valence electrons. The zero-order valence-corrected chi connectivity index (χ0v) is 11.8. The summed E-state index contributed by atoms with van der Waals surface area (Å²) in [6, 6.07) is 1.05. The highest BCUT2D eigenvalue weighted by atomic mass is 32.1. The van der Waals surface area contributed by atoms with Gasteiger partial charge in [-0.3, -0.25) is 9.69 Å². The first-order chi connectivity index (χ1) is 9.33. The highest BCUT2D eigenvalue weighted by Crippen LogP contribution is 2.37. The van der Waals surface area contributed by atoms with E-state index in [0.29, 0.717) is 17.8 Å². The topological polar surface area (TPSA) is 36.4 Å². The van der Waals surface area contributed by atoms with Crippen molar-refractivity contribution < 1.29 is 4.79 Å². The smallest absolute Gasteiger partial charge is 0.273 e. The van der Waals surface area contributed by atoms with Gasteiger partial charge >= 0.3 is 0 Å². The van der Waals surface area contributed by atoms with E-state index in [4.69, 9.17) is 0 Å². The summed E-state index contributed by atoms with van der Waals surface area (Å²) in [5.41, 5.74) is 2.38. The minimum Gasteiger partial charge on any atom is -0.333 e.